The molecule has 24 heavy (non-hydrogen) atoms. The van der Waals surface area contributed by atoms with Crippen molar-refractivity contribution in [3.05, 3.63) is 59.1 Å². The average molecular weight is 364 g/mol. The lowest BCUT2D eigenvalue weighted by Crippen LogP contribution is -2.26. The molecular weight excluding hydrogens is 342 g/mol. The third-order valence-electron chi connectivity index (χ3n) is 3.50. The third kappa shape index (κ3) is 5.77. The summed E-state index contributed by atoms with van der Waals surface area (Å²) >= 11 is 7.53. The fraction of sp³-hybridized carbons (Fsp3) is 0.316. The standard InChI is InChI=1S/C19H22ClNO2S/c1-3-23-18-7-5-4-6-15(18)14-21(2)19(22)12-13-24-17-10-8-16(20)9-11-17/h4-11H,3,12-14H2,1-2H3. The van der Waals surface area contributed by atoms with Crippen molar-refractivity contribution in [1.29, 1.82) is 0 Å². The van der Waals surface area contributed by atoms with Crippen LogP contribution in [0.3, 0.4) is 0 Å². The average Bonchev–Trinajstić information content (AvgIpc) is 2.58. The Morgan fingerprint density at radius 3 is 2.58 bits per heavy atom. The molecule has 2 aromatic carbocycles. The van der Waals surface area contributed by atoms with Crippen molar-refractivity contribution >= 4 is 29.3 Å². The van der Waals surface area contributed by atoms with Crippen LogP contribution in [-0.4, -0.2) is 30.2 Å². The lowest BCUT2D eigenvalue weighted by Gasteiger charge is -2.19. The minimum absolute atomic E-state index is 0.128. The molecule has 0 saturated carbocycles. The highest BCUT2D eigenvalue weighted by molar-refractivity contribution is 7.99. The minimum atomic E-state index is 0.128. The van der Waals surface area contributed by atoms with Crippen LogP contribution in [0, 0.1) is 0 Å². The summed E-state index contributed by atoms with van der Waals surface area (Å²) in [5, 5.41) is 0.725. The smallest absolute Gasteiger partial charge is 0.223 e. The molecule has 0 aliphatic heterocycles. The molecule has 2 rings (SSSR count). The normalized spacial score (nSPS) is 10.5. The molecule has 0 N–H and O–H groups in total. The van der Waals surface area contributed by atoms with E-state index in [1.807, 2.05) is 62.5 Å². The molecule has 0 fully saturated rings. The van der Waals surface area contributed by atoms with E-state index in [0.717, 1.165) is 27.0 Å². The van der Waals surface area contributed by atoms with Gasteiger partial charge >= 0.3 is 0 Å². The zero-order valence-electron chi connectivity index (χ0n) is 14.0. The Balaban J connectivity index is 1.83. The van der Waals surface area contributed by atoms with Crippen LogP contribution in [0.2, 0.25) is 5.02 Å². The van der Waals surface area contributed by atoms with E-state index in [0.29, 0.717) is 19.6 Å². The maximum absolute atomic E-state index is 12.3. The number of ether oxygens (including phenoxy) is 1. The van der Waals surface area contributed by atoms with Crippen molar-refractivity contribution in [2.45, 2.75) is 24.8 Å². The Kier molecular flexibility index (Phi) is 7.47. The Morgan fingerprint density at radius 2 is 1.88 bits per heavy atom. The molecule has 0 unspecified atom stereocenters. The van der Waals surface area contributed by atoms with Crippen molar-refractivity contribution < 1.29 is 9.53 Å². The lowest BCUT2D eigenvalue weighted by molar-refractivity contribution is -0.129. The topological polar surface area (TPSA) is 29.5 Å². The Labute approximate surface area is 153 Å². The van der Waals surface area contributed by atoms with E-state index in [-0.39, 0.29) is 5.91 Å². The van der Waals surface area contributed by atoms with Crippen LogP contribution < -0.4 is 4.74 Å². The summed E-state index contributed by atoms with van der Waals surface area (Å²) in [6.45, 7) is 3.13. The summed E-state index contributed by atoms with van der Waals surface area (Å²) in [6, 6.07) is 15.5. The summed E-state index contributed by atoms with van der Waals surface area (Å²) in [5.74, 6) is 1.72. The van der Waals surface area contributed by atoms with Gasteiger partial charge < -0.3 is 9.64 Å². The number of hydrogen-bond acceptors (Lipinski definition) is 3. The van der Waals surface area contributed by atoms with E-state index in [4.69, 9.17) is 16.3 Å². The molecule has 0 spiro atoms. The molecule has 0 bridgehead atoms. The second kappa shape index (κ2) is 9.60. The van der Waals surface area contributed by atoms with Gasteiger partial charge in [0.2, 0.25) is 5.91 Å². The van der Waals surface area contributed by atoms with E-state index in [2.05, 4.69) is 0 Å². The largest absolute Gasteiger partial charge is 0.494 e. The maximum Gasteiger partial charge on any atom is 0.223 e. The van der Waals surface area contributed by atoms with E-state index in [9.17, 15) is 4.79 Å². The highest BCUT2D eigenvalue weighted by Gasteiger charge is 2.12. The summed E-state index contributed by atoms with van der Waals surface area (Å²) in [7, 11) is 1.83. The van der Waals surface area contributed by atoms with E-state index in [1.54, 1.807) is 16.7 Å². The number of amides is 1. The van der Waals surface area contributed by atoms with Crippen molar-refractivity contribution in [3.63, 3.8) is 0 Å². The number of halogens is 1. The van der Waals surface area contributed by atoms with Crippen LogP contribution in [0.1, 0.15) is 18.9 Å². The monoisotopic (exact) mass is 363 g/mol. The minimum Gasteiger partial charge on any atom is -0.494 e. The van der Waals surface area contributed by atoms with Gasteiger partial charge in [-0.15, -0.1) is 11.8 Å². The van der Waals surface area contributed by atoms with Gasteiger partial charge in [-0.2, -0.15) is 0 Å². The highest BCUT2D eigenvalue weighted by atomic mass is 35.5. The van der Waals surface area contributed by atoms with Crippen LogP contribution in [0.15, 0.2) is 53.4 Å². The van der Waals surface area contributed by atoms with Crippen molar-refractivity contribution in [2.75, 3.05) is 19.4 Å². The van der Waals surface area contributed by atoms with Crippen molar-refractivity contribution in [2.24, 2.45) is 0 Å². The second-order valence-corrected chi connectivity index (χ2v) is 6.95. The van der Waals surface area contributed by atoms with Crippen LogP contribution >= 0.6 is 23.4 Å². The zero-order valence-corrected chi connectivity index (χ0v) is 15.6. The first-order valence-electron chi connectivity index (χ1n) is 7.93. The molecule has 0 aliphatic carbocycles. The number of nitrogens with zero attached hydrogens (tertiary/aromatic N) is 1. The van der Waals surface area contributed by atoms with Gasteiger partial charge in [0, 0.05) is 41.2 Å². The Bertz CT molecular complexity index is 661. The molecule has 0 aliphatic rings. The number of benzene rings is 2. The second-order valence-electron chi connectivity index (χ2n) is 5.34. The molecule has 1 amide bonds. The number of para-hydroxylation sites is 1. The molecule has 128 valence electrons. The zero-order chi connectivity index (χ0) is 17.4. The Hall–Kier alpha value is -1.65. The predicted molar refractivity (Wildman–Crippen MR) is 101 cm³/mol. The summed E-state index contributed by atoms with van der Waals surface area (Å²) < 4.78 is 5.61. The number of hydrogen-bond donors (Lipinski definition) is 0. The van der Waals surface area contributed by atoms with Gasteiger partial charge in [0.1, 0.15) is 5.75 Å². The highest BCUT2D eigenvalue weighted by Crippen LogP contribution is 2.22. The van der Waals surface area contributed by atoms with Gasteiger partial charge in [-0.25, -0.2) is 0 Å². The SMILES string of the molecule is CCOc1ccccc1CN(C)C(=O)CCSc1ccc(Cl)cc1. The third-order valence-corrected chi connectivity index (χ3v) is 4.77. The van der Waals surface area contributed by atoms with Crippen LogP contribution in [0.4, 0.5) is 0 Å². The number of carbonyl (C=O) groups excluding carboxylic acids is 1. The summed E-state index contributed by atoms with van der Waals surface area (Å²) in [5.41, 5.74) is 1.03. The lowest BCUT2D eigenvalue weighted by atomic mass is 10.2. The number of rotatable bonds is 8. The van der Waals surface area contributed by atoms with Crippen LogP contribution in [-0.2, 0) is 11.3 Å². The molecule has 0 radical (unpaired) electrons. The molecule has 2 aromatic rings. The fourth-order valence-electron chi connectivity index (χ4n) is 2.25. The van der Waals surface area contributed by atoms with Gasteiger partial charge in [0.05, 0.1) is 6.61 Å². The quantitative estimate of drug-likeness (QED) is 0.626. The van der Waals surface area contributed by atoms with Crippen molar-refractivity contribution in [3.8, 4) is 5.75 Å². The first-order chi connectivity index (χ1) is 11.6. The number of thioether (sulfide) groups is 1. The van der Waals surface area contributed by atoms with Gasteiger partial charge in [0.25, 0.3) is 0 Å². The first-order valence-corrected chi connectivity index (χ1v) is 9.29. The van der Waals surface area contributed by atoms with Crippen LogP contribution in [0.25, 0.3) is 0 Å². The van der Waals surface area contributed by atoms with E-state index >= 15 is 0 Å². The maximum atomic E-state index is 12.3. The van der Waals surface area contributed by atoms with Gasteiger partial charge in [-0.05, 0) is 37.3 Å². The number of carbonyl (C=O) groups is 1. The van der Waals surface area contributed by atoms with Gasteiger partial charge in [0.15, 0.2) is 0 Å². The van der Waals surface area contributed by atoms with Gasteiger partial charge in [-0.1, -0.05) is 29.8 Å². The molecule has 3 nitrogen and oxygen atoms in total. The van der Waals surface area contributed by atoms with E-state index in [1.165, 1.54) is 0 Å². The molecular formula is C19H22ClNO2S. The van der Waals surface area contributed by atoms with Gasteiger partial charge in [-0.3, -0.25) is 4.79 Å². The molecule has 0 atom stereocenters. The molecule has 5 heteroatoms. The van der Waals surface area contributed by atoms with Crippen LogP contribution in [0.5, 0.6) is 5.75 Å². The molecule has 0 saturated heterocycles. The van der Waals surface area contributed by atoms with Crippen molar-refractivity contribution in [1.82, 2.24) is 4.90 Å². The molecule has 0 aromatic heterocycles. The summed E-state index contributed by atoms with van der Waals surface area (Å²) in [4.78, 5) is 15.2. The van der Waals surface area contributed by atoms with E-state index < -0.39 is 0 Å². The molecule has 0 heterocycles. The Morgan fingerprint density at radius 1 is 1.17 bits per heavy atom. The predicted octanol–water partition coefficient (Wildman–Crippen LogP) is 4.88. The summed E-state index contributed by atoms with van der Waals surface area (Å²) in [6.07, 6.45) is 0.501. The fourth-order valence-corrected chi connectivity index (χ4v) is 3.22. The first kappa shape index (κ1) is 18.7.